The number of fused-ring (bicyclic) bond motifs is 2. The number of H-pyrrole nitrogens is 1. The van der Waals surface area contributed by atoms with Crippen molar-refractivity contribution in [1.29, 1.82) is 0 Å². The number of aromatic nitrogens is 3. The third-order valence-electron chi connectivity index (χ3n) is 6.24. The highest BCUT2D eigenvalue weighted by molar-refractivity contribution is 6.21. The minimum absolute atomic E-state index is 0.193. The summed E-state index contributed by atoms with van der Waals surface area (Å²) < 4.78 is 1.55. The first-order chi connectivity index (χ1) is 15.5. The SMILES string of the molecule is O=C(Nc1cccc2ncn(Cc3c[nH]c4ccccc34)c(=O)c12)C1CCC(O)C(Cl)C1. The van der Waals surface area contributed by atoms with Crippen molar-refractivity contribution in [2.24, 2.45) is 5.92 Å². The molecule has 8 heteroatoms. The summed E-state index contributed by atoms with van der Waals surface area (Å²) in [5.74, 6) is -0.497. The number of halogens is 1. The number of nitrogens with one attached hydrogen (secondary N) is 2. The predicted octanol–water partition coefficient (Wildman–Crippen LogP) is 3.63. The normalized spacial score (nSPS) is 21.1. The van der Waals surface area contributed by atoms with Crippen LogP contribution in [0.3, 0.4) is 0 Å². The standard InChI is InChI=1S/C24H23ClN4O3/c25-17-10-14(8-9-21(17)30)23(31)28-20-7-3-6-19-22(20)24(32)29(13-27-19)12-15-11-26-18-5-2-1-4-16(15)18/h1-7,11,13-14,17,21,26,30H,8-10,12H2,(H,28,31). The van der Waals surface area contributed by atoms with E-state index in [9.17, 15) is 14.7 Å². The molecular formula is C24H23ClN4O3. The van der Waals surface area contributed by atoms with Crippen LogP contribution in [0.1, 0.15) is 24.8 Å². The topological polar surface area (TPSA) is 100 Å². The number of carbonyl (C=O) groups excluding carboxylic acids is 1. The third-order valence-corrected chi connectivity index (χ3v) is 6.70. The number of aliphatic hydroxyl groups excluding tert-OH is 1. The molecule has 2 heterocycles. The largest absolute Gasteiger partial charge is 0.392 e. The van der Waals surface area contributed by atoms with Crippen molar-refractivity contribution >= 4 is 45.0 Å². The van der Waals surface area contributed by atoms with Crippen molar-refractivity contribution in [3.8, 4) is 0 Å². The summed E-state index contributed by atoms with van der Waals surface area (Å²) in [5.41, 5.74) is 2.74. The maximum atomic E-state index is 13.4. The number of rotatable bonds is 4. The number of amides is 1. The number of anilines is 1. The maximum absolute atomic E-state index is 13.4. The van der Waals surface area contributed by atoms with Crippen LogP contribution in [0.25, 0.3) is 21.8 Å². The molecule has 0 saturated heterocycles. The molecule has 1 aliphatic carbocycles. The second-order valence-corrected chi connectivity index (χ2v) is 8.88. The molecule has 0 bridgehead atoms. The van der Waals surface area contributed by atoms with E-state index in [1.807, 2.05) is 30.5 Å². The molecule has 32 heavy (non-hydrogen) atoms. The number of nitrogens with zero attached hydrogens (tertiary/aromatic N) is 2. The summed E-state index contributed by atoms with van der Waals surface area (Å²) in [5, 5.41) is 13.7. The highest BCUT2D eigenvalue weighted by atomic mass is 35.5. The first kappa shape index (κ1) is 20.7. The van der Waals surface area contributed by atoms with E-state index in [1.54, 1.807) is 29.1 Å². The van der Waals surface area contributed by atoms with Crippen molar-refractivity contribution in [3.63, 3.8) is 0 Å². The van der Waals surface area contributed by atoms with Crippen LogP contribution in [0, 0.1) is 5.92 Å². The predicted molar refractivity (Wildman–Crippen MR) is 125 cm³/mol. The average molecular weight is 451 g/mol. The lowest BCUT2D eigenvalue weighted by Gasteiger charge is -2.28. The number of carbonyl (C=O) groups is 1. The van der Waals surface area contributed by atoms with Crippen LogP contribution in [0.2, 0.25) is 0 Å². The van der Waals surface area contributed by atoms with Gasteiger partial charge in [0.25, 0.3) is 5.56 Å². The van der Waals surface area contributed by atoms with Crippen LogP contribution >= 0.6 is 11.6 Å². The van der Waals surface area contributed by atoms with Gasteiger partial charge in [0, 0.05) is 23.0 Å². The van der Waals surface area contributed by atoms with Gasteiger partial charge in [-0.2, -0.15) is 0 Å². The number of hydrogen-bond acceptors (Lipinski definition) is 4. The number of aliphatic hydroxyl groups is 1. The highest BCUT2D eigenvalue weighted by Crippen LogP contribution is 2.30. The van der Waals surface area contributed by atoms with Crippen LogP contribution in [-0.4, -0.2) is 37.0 Å². The number of alkyl halides is 1. The van der Waals surface area contributed by atoms with E-state index in [0.29, 0.717) is 42.4 Å². The third kappa shape index (κ3) is 3.78. The number of benzene rings is 2. The molecule has 3 atom stereocenters. The van der Waals surface area contributed by atoms with Gasteiger partial charge in [-0.05, 0) is 43.0 Å². The smallest absolute Gasteiger partial charge is 0.263 e. The molecule has 2 aromatic heterocycles. The fourth-order valence-corrected chi connectivity index (χ4v) is 4.78. The zero-order valence-electron chi connectivity index (χ0n) is 17.3. The number of para-hydroxylation sites is 1. The van der Waals surface area contributed by atoms with Gasteiger partial charge in [-0.15, -0.1) is 11.6 Å². The molecule has 7 nitrogen and oxygen atoms in total. The van der Waals surface area contributed by atoms with Crippen molar-refractivity contribution < 1.29 is 9.90 Å². The Morgan fingerprint density at radius 2 is 2.06 bits per heavy atom. The zero-order chi connectivity index (χ0) is 22.2. The fraction of sp³-hybridized carbons (Fsp3) is 0.292. The molecule has 0 radical (unpaired) electrons. The van der Waals surface area contributed by atoms with E-state index in [4.69, 9.17) is 11.6 Å². The molecule has 1 saturated carbocycles. The quantitative estimate of drug-likeness (QED) is 0.413. The Balaban J connectivity index is 1.47. The zero-order valence-corrected chi connectivity index (χ0v) is 18.0. The van der Waals surface area contributed by atoms with Crippen LogP contribution in [0.5, 0.6) is 0 Å². The number of hydrogen-bond donors (Lipinski definition) is 3. The Morgan fingerprint density at radius 1 is 1.22 bits per heavy atom. The van der Waals surface area contributed by atoms with Crippen molar-refractivity contribution in [3.05, 3.63) is 70.9 Å². The molecule has 4 aromatic rings. The molecule has 1 aliphatic rings. The lowest BCUT2D eigenvalue weighted by molar-refractivity contribution is -0.121. The molecule has 1 amide bonds. The van der Waals surface area contributed by atoms with Gasteiger partial charge < -0.3 is 15.4 Å². The van der Waals surface area contributed by atoms with Crippen molar-refractivity contribution in [1.82, 2.24) is 14.5 Å². The van der Waals surface area contributed by atoms with Gasteiger partial charge in [0.2, 0.25) is 5.91 Å². The number of aromatic amines is 1. The second kappa shape index (κ2) is 8.41. The average Bonchev–Trinajstić information content (AvgIpc) is 3.20. The van der Waals surface area contributed by atoms with Gasteiger partial charge in [0.05, 0.1) is 40.9 Å². The fourth-order valence-electron chi connectivity index (χ4n) is 4.44. The Bertz CT molecular complexity index is 1360. The van der Waals surface area contributed by atoms with E-state index < -0.39 is 11.5 Å². The van der Waals surface area contributed by atoms with Gasteiger partial charge in [0.1, 0.15) is 0 Å². The van der Waals surface area contributed by atoms with Gasteiger partial charge in [-0.3, -0.25) is 14.2 Å². The monoisotopic (exact) mass is 450 g/mol. The molecule has 164 valence electrons. The van der Waals surface area contributed by atoms with Gasteiger partial charge in [0.15, 0.2) is 0 Å². The van der Waals surface area contributed by atoms with Gasteiger partial charge >= 0.3 is 0 Å². The van der Waals surface area contributed by atoms with E-state index in [1.165, 1.54) is 0 Å². The molecule has 1 fully saturated rings. The Kier molecular flexibility index (Phi) is 5.45. The molecule has 3 unspecified atom stereocenters. The molecule has 0 aliphatic heterocycles. The van der Waals surface area contributed by atoms with E-state index in [0.717, 1.165) is 16.5 Å². The van der Waals surface area contributed by atoms with Crippen LogP contribution in [0.4, 0.5) is 5.69 Å². The summed E-state index contributed by atoms with van der Waals surface area (Å²) >= 11 is 6.16. The Labute approximate surface area is 189 Å². The summed E-state index contributed by atoms with van der Waals surface area (Å²) in [6, 6.07) is 13.2. The Morgan fingerprint density at radius 3 is 2.91 bits per heavy atom. The Hall–Kier alpha value is -3.16. The van der Waals surface area contributed by atoms with E-state index in [-0.39, 0.29) is 17.4 Å². The summed E-state index contributed by atoms with van der Waals surface area (Å²) in [6.07, 6.45) is 4.31. The lowest BCUT2D eigenvalue weighted by Crippen LogP contribution is -2.35. The van der Waals surface area contributed by atoms with Crippen molar-refractivity contribution in [2.45, 2.75) is 37.3 Å². The minimum Gasteiger partial charge on any atom is -0.392 e. The first-order valence-corrected chi connectivity index (χ1v) is 11.1. The molecule has 0 spiro atoms. The van der Waals surface area contributed by atoms with Crippen molar-refractivity contribution in [2.75, 3.05) is 5.32 Å². The van der Waals surface area contributed by atoms with Crippen LogP contribution in [-0.2, 0) is 11.3 Å². The summed E-state index contributed by atoms with van der Waals surface area (Å²) in [6.45, 7) is 0.364. The van der Waals surface area contributed by atoms with Gasteiger partial charge in [-0.1, -0.05) is 24.3 Å². The second-order valence-electron chi connectivity index (χ2n) is 8.32. The first-order valence-electron chi connectivity index (χ1n) is 10.7. The highest BCUT2D eigenvalue weighted by Gasteiger charge is 2.32. The van der Waals surface area contributed by atoms with Gasteiger partial charge in [-0.25, -0.2) is 4.98 Å². The molecule has 2 aromatic carbocycles. The molecular weight excluding hydrogens is 428 g/mol. The molecule has 3 N–H and O–H groups in total. The maximum Gasteiger partial charge on any atom is 0.263 e. The van der Waals surface area contributed by atoms with Crippen LogP contribution < -0.4 is 10.9 Å². The summed E-state index contributed by atoms with van der Waals surface area (Å²) in [4.78, 5) is 33.9. The van der Waals surface area contributed by atoms with Crippen LogP contribution in [0.15, 0.2) is 59.8 Å². The summed E-state index contributed by atoms with van der Waals surface area (Å²) in [7, 11) is 0. The van der Waals surface area contributed by atoms with E-state index >= 15 is 0 Å². The lowest BCUT2D eigenvalue weighted by atomic mass is 9.86. The molecule has 5 rings (SSSR count). The minimum atomic E-state index is -0.584. The van der Waals surface area contributed by atoms with E-state index in [2.05, 4.69) is 15.3 Å².